The molecule has 1 N–H and O–H groups in total. The van der Waals surface area contributed by atoms with Gasteiger partial charge in [0, 0.05) is 19.8 Å². The maximum absolute atomic E-state index is 8.31. The van der Waals surface area contributed by atoms with Crippen LogP contribution < -0.4 is 4.90 Å². The molecule has 0 atom stereocenters. The van der Waals surface area contributed by atoms with Crippen LogP contribution >= 0.6 is 0 Å². The van der Waals surface area contributed by atoms with E-state index in [1.807, 2.05) is 43.3 Å². The van der Waals surface area contributed by atoms with Crippen LogP contribution in [0.3, 0.4) is 0 Å². The van der Waals surface area contributed by atoms with Crippen LogP contribution in [0.15, 0.2) is 29.4 Å². The Balaban J connectivity index is 2.95. The molecule has 0 fully saturated rings. The molecule has 1 rings (SSSR count). The first-order valence-corrected chi connectivity index (χ1v) is 3.69. The first-order valence-electron chi connectivity index (χ1n) is 3.69. The third-order valence-corrected chi connectivity index (χ3v) is 1.59. The number of hydrogen-bond donors (Lipinski definition) is 1. The van der Waals surface area contributed by atoms with E-state index in [0.29, 0.717) is 0 Å². The van der Waals surface area contributed by atoms with Crippen molar-refractivity contribution in [3.05, 3.63) is 29.8 Å². The Kier molecular flexibility index (Phi) is 2.69. The maximum Gasteiger partial charge on any atom is 0.0734 e. The molecule has 0 saturated carbocycles. The second-order valence-corrected chi connectivity index (χ2v) is 2.73. The van der Waals surface area contributed by atoms with Crippen molar-refractivity contribution < 1.29 is 5.21 Å². The molecule has 0 aliphatic heterocycles. The van der Waals surface area contributed by atoms with Crippen molar-refractivity contribution in [3.63, 3.8) is 0 Å². The van der Waals surface area contributed by atoms with Gasteiger partial charge in [0.25, 0.3) is 0 Å². The second-order valence-electron chi connectivity index (χ2n) is 2.73. The van der Waals surface area contributed by atoms with E-state index >= 15 is 0 Å². The Hall–Kier alpha value is -1.51. The topological polar surface area (TPSA) is 35.8 Å². The summed E-state index contributed by atoms with van der Waals surface area (Å²) in [5.41, 5.74) is 1.98. The molecule has 0 unspecified atom stereocenters. The summed E-state index contributed by atoms with van der Waals surface area (Å²) in [6.07, 6.45) is 1.41. The Morgan fingerprint density at radius 2 is 2.17 bits per heavy atom. The predicted molar refractivity (Wildman–Crippen MR) is 50.1 cm³/mol. The van der Waals surface area contributed by atoms with Crippen molar-refractivity contribution >= 4 is 11.9 Å². The van der Waals surface area contributed by atoms with E-state index in [0.717, 1.165) is 11.3 Å². The summed E-state index contributed by atoms with van der Waals surface area (Å²) in [6, 6.07) is 7.74. The van der Waals surface area contributed by atoms with E-state index in [1.165, 1.54) is 6.21 Å². The summed E-state index contributed by atoms with van der Waals surface area (Å²) in [5.74, 6) is 0. The van der Waals surface area contributed by atoms with E-state index < -0.39 is 0 Å². The van der Waals surface area contributed by atoms with Crippen molar-refractivity contribution in [2.75, 3.05) is 19.0 Å². The summed E-state index contributed by atoms with van der Waals surface area (Å²) in [7, 11) is 3.93. The highest BCUT2D eigenvalue weighted by atomic mass is 16.4. The number of benzene rings is 1. The molecule has 0 aromatic heterocycles. The number of rotatable bonds is 2. The van der Waals surface area contributed by atoms with Crippen molar-refractivity contribution in [3.8, 4) is 0 Å². The van der Waals surface area contributed by atoms with Gasteiger partial charge in [0.2, 0.25) is 0 Å². The maximum atomic E-state index is 8.31. The molecule has 0 aliphatic carbocycles. The largest absolute Gasteiger partial charge is 0.411 e. The summed E-state index contributed by atoms with van der Waals surface area (Å²) in [6.45, 7) is 0. The first kappa shape index (κ1) is 8.59. The van der Waals surface area contributed by atoms with Crippen molar-refractivity contribution in [2.45, 2.75) is 0 Å². The molecule has 1 aromatic rings. The van der Waals surface area contributed by atoms with Gasteiger partial charge in [-0.25, -0.2) is 0 Å². The quantitative estimate of drug-likeness (QED) is 0.409. The van der Waals surface area contributed by atoms with Crippen molar-refractivity contribution in [2.24, 2.45) is 5.16 Å². The van der Waals surface area contributed by atoms with Gasteiger partial charge in [-0.15, -0.1) is 0 Å². The van der Waals surface area contributed by atoms with Crippen LogP contribution in [0.2, 0.25) is 0 Å². The van der Waals surface area contributed by atoms with E-state index in [-0.39, 0.29) is 0 Å². The van der Waals surface area contributed by atoms with E-state index in [2.05, 4.69) is 5.16 Å². The Morgan fingerprint density at radius 1 is 1.42 bits per heavy atom. The van der Waals surface area contributed by atoms with Gasteiger partial charge in [0.15, 0.2) is 0 Å². The van der Waals surface area contributed by atoms with Crippen LogP contribution in [-0.4, -0.2) is 25.5 Å². The van der Waals surface area contributed by atoms with Crippen molar-refractivity contribution in [1.29, 1.82) is 0 Å². The number of nitrogens with zero attached hydrogens (tertiary/aromatic N) is 2. The van der Waals surface area contributed by atoms with Crippen LogP contribution in [0.5, 0.6) is 0 Å². The SMILES string of the molecule is CN(C)c1cccc(C=NO)c1. The Morgan fingerprint density at radius 3 is 2.75 bits per heavy atom. The van der Waals surface area contributed by atoms with Crippen LogP contribution in [0.25, 0.3) is 0 Å². The molecule has 1 aromatic carbocycles. The van der Waals surface area contributed by atoms with Gasteiger partial charge in [-0.2, -0.15) is 0 Å². The number of oxime groups is 1. The summed E-state index contributed by atoms with van der Waals surface area (Å²) in [5, 5.41) is 11.3. The Labute approximate surface area is 71.9 Å². The minimum absolute atomic E-state index is 0.892. The molecule has 0 amide bonds. The Bertz CT molecular complexity index is 282. The predicted octanol–water partition coefficient (Wildman–Crippen LogP) is 1.56. The highest BCUT2D eigenvalue weighted by Crippen LogP contribution is 2.11. The van der Waals surface area contributed by atoms with Gasteiger partial charge < -0.3 is 10.1 Å². The standard InChI is InChI=1S/C9H12N2O/c1-11(2)9-5-3-4-8(6-9)7-10-12/h3-7,12H,1-2H3. The van der Waals surface area contributed by atoms with E-state index in [1.54, 1.807) is 0 Å². The van der Waals surface area contributed by atoms with Gasteiger partial charge in [0.05, 0.1) is 6.21 Å². The highest BCUT2D eigenvalue weighted by molar-refractivity contribution is 5.80. The van der Waals surface area contributed by atoms with Gasteiger partial charge in [-0.05, 0) is 17.7 Å². The monoisotopic (exact) mass is 164 g/mol. The highest BCUT2D eigenvalue weighted by Gasteiger charge is 1.94. The molecular weight excluding hydrogens is 152 g/mol. The molecular formula is C9H12N2O. The smallest absolute Gasteiger partial charge is 0.0734 e. The van der Waals surface area contributed by atoms with Gasteiger partial charge in [0.1, 0.15) is 0 Å². The fourth-order valence-electron chi connectivity index (χ4n) is 0.950. The first-order chi connectivity index (χ1) is 5.74. The third kappa shape index (κ3) is 1.99. The molecule has 12 heavy (non-hydrogen) atoms. The van der Waals surface area contributed by atoms with E-state index in [9.17, 15) is 0 Å². The number of hydrogen-bond acceptors (Lipinski definition) is 3. The summed E-state index contributed by atoms with van der Waals surface area (Å²) in [4.78, 5) is 1.99. The fourth-order valence-corrected chi connectivity index (χ4v) is 0.950. The fraction of sp³-hybridized carbons (Fsp3) is 0.222. The van der Waals surface area contributed by atoms with Crippen LogP contribution in [0.1, 0.15) is 5.56 Å². The lowest BCUT2D eigenvalue weighted by Gasteiger charge is -2.11. The molecule has 0 heterocycles. The minimum Gasteiger partial charge on any atom is -0.411 e. The van der Waals surface area contributed by atoms with Crippen molar-refractivity contribution in [1.82, 2.24) is 0 Å². The zero-order valence-corrected chi connectivity index (χ0v) is 7.23. The second kappa shape index (κ2) is 3.76. The lowest BCUT2D eigenvalue weighted by atomic mass is 10.2. The molecule has 3 heteroatoms. The molecule has 0 bridgehead atoms. The number of anilines is 1. The molecule has 0 aliphatic rings. The summed E-state index contributed by atoms with van der Waals surface area (Å²) < 4.78 is 0. The lowest BCUT2D eigenvalue weighted by Crippen LogP contribution is -2.08. The molecule has 64 valence electrons. The molecule has 0 saturated heterocycles. The lowest BCUT2D eigenvalue weighted by molar-refractivity contribution is 0.322. The minimum atomic E-state index is 0.892. The summed E-state index contributed by atoms with van der Waals surface area (Å²) >= 11 is 0. The molecule has 0 radical (unpaired) electrons. The third-order valence-electron chi connectivity index (χ3n) is 1.59. The normalized spacial score (nSPS) is 10.5. The van der Waals surface area contributed by atoms with Gasteiger partial charge in [-0.1, -0.05) is 17.3 Å². The van der Waals surface area contributed by atoms with Crippen LogP contribution in [0.4, 0.5) is 5.69 Å². The van der Waals surface area contributed by atoms with Crippen LogP contribution in [-0.2, 0) is 0 Å². The van der Waals surface area contributed by atoms with E-state index in [4.69, 9.17) is 5.21 Å². The molecule has 0 spiro atoms. The zero-order valence-electron chi connectivity index (χ0n) is 7.23. The van der Waals surface area contributed by atoms with Gasteiger partial charge in [-0.3, -0.25) is 0 Å². The average Bonchev–Trinajstić information content (AvgIpc) is 2.05. The zero-order chi connectivity index (χ0) is 8.97. The molecule has 3 nitrogen and oxygen atoms in total. The average molecular weight is 164 g/mol. The van der Waals surface area contributed by atoms with Crippen LogP contribution in [0, 0.1) is 0 Å². The van der Waals surface area contributed by atoms with Gasteiger partial charge >= 0.3 is 0 Å².